The summed E-state index contributed by atoms with van der Waals surface area (Å²) < 4.78 is 5.31. The van der Waals surface area contributed by atoms with E-state index >= 15 is 0 Å². The zero-order valence-corrected chi connectivity index (χ0v) is 12.9. The summed E-state index contributed by atoms with van der Waals surface area (Å²) in [5.74, 6) is 1.57. The fourth-order valence-electron chi connectivity index (χ4n) is 2.52. The van der Waals surface area contributed by atoms with Crippen molar-refractivity contribution in [2.75, 3.05) is 20.7 Å². The minimum atomic E-state index is 0.0844. The molecule has 0 aliphatic rings. The molecule has 1 aromatic rings. The molecule has 0 aromatic heterocycles. The van der Waals surface area contributed by atoms with Crippen molar-refractivity contribution in [1.82, 2.24) is 4.90 Å². The molecule has 0 saturated carbocycles. The van der Waals surface area contributed by atoms with Gasteiger partial charge in [0.15, 0.2) is 0 Å². The molecular formula is C16H28N2O. The number of rotatable bonds is 7. The Morgan fingerprint density at radius 1 is 1.32 bits per heavy atom. The number of benzene rings is 1. The first-order valence-corrected chi connectivity index (χ1v) is 7.09. The van der Waals surface area contributed by atoms with Crippen molar-refractivity contribution in [2.24, 2.45) is 11.7 Å². The quantitative estimate of drug-likeness (QED) is 0.822. The summed E-state index contributed by atoms with van der Waals surface area (Å²) in [6, 6.07) is 8.52. The van der Waals surface area contributed by atoms with Crippen molar-refractivity contribution in [3.63, 3.8) is 0 Å². The van der Waals surface area contributed by atoms with Crippen molar-refractivity contribution in [3.05, 3.63) is 29.8 Å². The molecule has 0 spiro atoms. The molecule has 0 bridgehead atoms. The van der Waals surface area contributed by atoms with Crippen molar-refractivity contribution >= 4 is 0 Å². The molecule has 3 heteroatoms. The van der Waals surface area contributed by atoms with E-state index in [0.717, 1.165) is 12.3 Å². The molecule has 3 unspecified atom stereocenters. The van der Waals surface area contributed by atoms with Gasteiger partial charge in [0.25, 0.3) is 0 Å². The van der Waals surface area contributed by atoms with Gasteiger partial charge in [0, 0.05) is 18.6 Å². The Hall–Kier alpha value is -1.06. The van der Waals surface area contributed by atoms with Gasteiger partial charge in [-0.3, -0.25) is 4.90 Å². The number of hydrogen-bond acceptors (Lipinski definition) is 3. The molecule has 0 radical (unpaired) electrons. The van der Waals surface area contributed by atoms with Gasteiger partial charge in [-0.15, -0.1) is 0 Å². The Bertz CT molecular complexity index is 379. The maximum Gasteiger partial charge on any atom is 0.119 e. The molecule has 108 valence electrons. The average Bonchev–Trinajstić information content (AvgIpc) is 2.38. The Morgan fingerprint density at radius 2 is 2.00 bits per heavy atom. The summed E-state index contributed by atoms with van der Waals surface area (Å²) in [6.45, 7) is 7.63. The van der Waals surface area contributed by atoms with Crippen LogP contribution in [0.1, 0.15) is 38.8 Å². The number of hydrogen-bond donors (Lipinski definition) is 1. The third kappa shape index (κ3) is 4.51. The van der Waals surface area contributed by atoms with Crippen molar-refractivity contribution in [3.8, 4) is 5.75 Å². The van der Waals surface area contributed by atoms with E-state index < -0.39 is 0 Å². The second kappa shape index (κ2) is 7.51. The third-order valence-corrected chi connectivity index (χ3v) is 3.70. The van der Waals surface area contributed by atoms with E-state index in [9.17, 15) is 0 Å². The van der Waals surface area contributed by atoms with Gasteiger partial charge in [0.2, 0.25) is 0 Å². The topological polar surface area (TPSA) is 38.5 Å². The summed E-state index contributed by atoms with van der Waals surface area (Å²) in [5, 5.41) is 0. The third-order valence-electron chi connectivity index (χ3n) is 3.70. The normalized spacial score (nSPS) is 16.2. The predicted molar refractivity (Wildman–Crippen MR) is 81.5 cm³/mol. The van der Waals surface area contributed by atoms with E-state index in [-0.39, 0.29) is 12.1 Å². The lowest BCUT2D eigenvalue weighted by Crippen LogP contribution is -2.39. The van der Waals surface area contributed by atoms with Crippen molar-refractivity contribution in [1.29, 1.82) is 0 Å². The van der Waals surface area contributed by atoms with Crippen LogP contribution in [0, 0.1) is 5.92 Å². The summed E-state index contributed by atoms with van der Waals surface area (Å²) in [4.78, 5) is 2.35. The predicted octanol–water partition coefficient (Wildman–Crippen LogP) is 3.06. The lowest BCUT2D eigenvalue weighted by atomic mass is 9.97. The fraction of sp³-hybridized carbons (Fsp3) is 0.625. The molecule has 2 N–H and O–H groups in total. The molecule has 3 atom stereocenters. The molecule has 0 aliphatic heterocycles. The maximum atomic E-state index is 6.20. The minimum absolute atomic E-state index is 0.0844. The summed E-state index contributed by atoms with van der Waals surface area (Å²) in [7, 11) is 3.85. The van der Waals surface area contributed by atoms with Crippen LogP contribution in [0.3, 0.4) is 0 Å². The van der Waals surface area contributed by atoms with Gasteiger partial charge in [-0.1, -0.05) is 32.4 Å². The van der Waals surface area contributed by atoms with E-state index in [1.54, 1.807) is 7.11 Å². The number of nitrogens with zero attached hydrogens (tertiary/aromatic N) is 1. The van der Waals surface area contributed by atoms with Crippen LogP contribution in [0.15, 0.2) is 24.3 Å². The van der Waals surface area contributed by atoms with Gasteiger partial charge in [-0.2, -0.15) is 0 Å². The van der Waals surface area contributed by atoms with Gasteiger partial charge in [0.1, 0.15) is 5.75 Å². The number of ether oxygens (including phenoxy) is 1. The van der Waals surface area contributed by atoms with Crippen molar-refractivity contribution in [2.45, 2.75) is 39.3 Å². The number of nitrogens with two attached hydrogens (primary N) is 1. The highest BCUT2D eigenvalue weighted by Crippen LogP contribution is 2.26. The number of methoxy groups -OCH3 is 1. The molecular weight excluding hydrogens is 236 g/mol. The number of likely N-dealkylation sites (N-methyl/N-ethyl adjacent to an activating group) is 1. The Kier molecular flexibility index (Phi) is 6.32. The monoisotopic (exact) mass is 264 g/mol. The van der Waals surface area contributed by atoms with Crippen LogP contribution in [-0.4, -0.2) is 31.6 Å². The first-order valence-electron chi connectivity index (χ1n) is 7.09. The van der Waals surface area contributed by atoms with Crippen LogP contribution in [0.4, 0.5) is 0 Å². The molecule has 0 saturated heterocycles. The lowest BCUT2D eigenvalue weighted by molar-refractivity contribution is 0.190. The van der Waals surface area contributed by atoms with Gasteiger partial charge >= 0.3 is 0 Å². The van der Waals surface area contributed by atoms with E-state index in [2.05, 4.69) is 44.9 Å². The van der Waals surface area contributed by atoms with Crippen LogP contribution in [-0.2, 0) is 0 Å². The molecule has 0 heterocycles. The Morgan fingerprint density at radius 3 is 2.53 bits per heavy atom. The summed E-state index contributed by atoms with van der Waals surface area (Å²) in [5.41, 5.74) is 7.42. The van der Waals surface area contributed by atoms with Crippen LogP contribution in [0.5, 0.6) is 5.75 Å². The molecule has 0 fully saturated rings. The highest BCUT2D eigenvalue weighted by molar-refractivity contribution is 5.31. The molecule has 0 amide bonds. The van der Waals surface area contributed by atoms with E-state index in [4.69, 9.17) is 10.5 Å². The maximum absolute atomic E-state index is 6.20. The standard InChI is InChI=1S/C16H28N2O/c1-6-12(2)11-18(4)16(13(3)17)14-8-7-9-15(10-14)19-5/h7-10,12-13,16H,6,11,17H2,1-5H3. The fourth-order valence-corrected chi connectivity index (χ4v) is 2.52. The zero-order valence-electron chi connectivity index (χ0n) is 12.9. The van der Waals surface area contributed by atoms with Gasteiger partial charge in [0.05, 0.1) is 7.11 Å². The summed E-state index contributed by atoms with van der Waals surface area (Å²) in [6.07, 6.45) is 1.19. The first-order chi connectivity index (χ1) is 8.99. The van der Waals surface area contributed by atoms with Crippen LogP contribution >= 0.6 is 0 Å². The second-order valence-corrected chi connectivity index (χ2v) is 5.53. The molecule has 1 rings (SSSR count). The SMILES string of the molecule is CCC(C)CN(C)C(c1cccc(OC)c1)C(C)N. The Labute approximate surface area is 117 Å². The average molecular weight is 264 g/mol. The molecule has 1 aromatic carbocycles. The largest absolute Gasteiger partial charge is 0.497 e. The van der Waals surface area contributed by atoms with Crippen LogP contribution in [0.25, 0.3) is 0 Å². The first kappa shape index (κ1) is 16.0. The second-order valence-electron chi connectivity index (χ2n) is 5.53. The Balaban J connectivity index is 2.92. The molecule has 3 nitrogen and oxygen atoms in total. The molecule has 0 aliphatic carbocycles. The van der Waals surface area contributed by atoms with E-state index in [0.29, 0.717) is 5.92 Å². The van der Waals surface area contributed by atoms with Crippen LogP contribution < -0.4 is 10.5 Å². The van der Waals surface area contributed by atoms with Gasteiger partial charge < -0.3 is 10.5 Å². The highest BCUT2D eigenvalue weighted by Gasteiger charge is 2.22. The van der Waals surface area contributed by atoms with Crippen LogP contribution in [0.2, 0.25) is 0 Å². The lowest BCUT2D eigenvalue weighted by Gasteiger charge is -2.33. The van der Waals surface area contributed by atoms with E-state index in [1.165, 1.54) is 12.0 Å². The smallest absolute Gasteiger partial charge is 0.119 e. The highest BCUT2D eigenvalue weighted by atomic mass is 16.5. The molecule has 19 heavy (non-hydrogen) atoms. The summed E-state index contributed by atoms with van der Waals surface area (Å²) >= 11 is 0. The van der Waals surface area contributed by atoms with Gasteiger partial charge in [-0.05, 0) is 37.6 Å². The van der Waals surface area contributed by atoms with Gasteiger partial charge in [-0.25, -0.2) is 0 Å². The zero-order chi connectivity index (χ0) is 14.4. The van der Waals surface area contributed by atoms with Crippen molar-refractivity contribution < 1.29 is 4.74 Å². The van der Waals surface area contributed by atoms with E-state index in [1.807, 2.05) is 12.1 Å². The minimum Gasteiger partial charge on any atom is -0.497 e.